The van der Waals surface area contributed by atoms with Gasteiger partial charge in [0.2, 0.25) is 0 Å². The largest absolute Gasteiger partial charge is 0.494 e. The van der Waals surface area contributed by atoms with Crippen molar-refractivity contribution < 1.29 is 18.9 Å². The summed E-state index contributed by atoms with van der Waals surface area (Å²) in [7, 11) is 1.98. The Hall–Kier alpha value is -3.68. The highest BCUT2D eigenvalue weighted by Crippen LogP contribution is 2.31. The summed E-state index contributed by atoms with van der Waals surface area (Å²) >= 11 is 0. The number of hydrogen-bond acceptors (Lipinski definition) is 7. The molecule has 0 saturated carbocycles. The second-order valence-corrected chi connectivity index (χ2v) is 9.83. The van der Waals surface area contributed by atoms with Crippen molar-refractivity contribution in [2.24, 2.45) is 0 Å². The molecule has 1 N–H and O–H groups in total. The van der Waals surface area contributed by atoms with Gasteiger partial charge in [-0.2, -0.15) is 0 Å². The van der Waals surface area contributed by atoms with Gasteiger partial charge in [-0.05, 0) is 61.7 Å². The van der Waals surface area contributed by atoms with Crippen LogP contribution in [0.3, 0.4) is 0 Å². The van der Waals surface area contributed by atoms with Gasteiger partial charge in [-0.1, -0.05) is 48.5 Å². The Kier molecular flexibility index (Phi) is 11.1. The van der Waals surface area contributed by atoms with Crippen molar-refractivity contribution in [2.75, 3.05) is 46.8 Å². The summed E-state index contributed by atoms with van der Waals surface area (Å²) in [5.41, 5.74) is 5.92. The van der Waals surface area contributed by atoms with Crippen molar-refractivity contribution in [1.29, 1.82) is 0 Å². The molecule has 7 heteroatoms. The van der Waals surface area contributed by atoms with Crippen LogP contribution in [0.25, 0.3) is 0 Å². The molecule has 3 aromatic rings. The van der Waals surface area contributed by atoms with Crippen LogP contribution in [0.1, 0.15) is 37.5 Å². The van der Waals surface area contributed by atoms with E-state index in [2.05, 4.69) is 82.7 Å². The minimum absolute atomic E-state index is 0.511. The average molecular weight is 546 g/mol. The van der Waals surface area contributed by atoms with E-state index < -0.39 is 0 Å². The third-order valence-corrected chi connectivity index (χ3v) is 6.86. The van der Waals surface area contributed by atoms with Crippen molar-refractivity contribution in [3.63, 3.8) is 0 Å². The van der Waals surface area contributed by atoms with Crippen molar-refractivity contribution in [3.05, 3.63) is 101 Å². The van der Waals surface area contributed by atoms with E-state index in [4.69, 9.17) is 18.9 Å². The Bertz CT molecular complexity index is 1230. The van der Waals surface area contributed by atoms with Gasteiger partial charge in [0.05, 0.1) is 6.61 Å². The highest BCUT2D eigenvalue weighted by Gasteiger charge is 2.20. The highest BCUT2D eigenvalue weighted by molar-refractivity contribution is 5.44. The van der Waals surface area contributed by atoms with Gasteiger partial charge in [-0.25, -0.2) is 0 Å². The smallest absolute Gasteiger partial charge is 0.161 e. The number of nitrogens with zero attached hydrogens (tertiary/aromatic N) is 2. The Morgan fingerprint density at radius 2 is 1.52 bits per heavy atom. The molecule has 0 aromatic heterocycles. The summed E-state index contributed by atoms with van der Waals surface area (Å²) < 4.78 is 23.4. The summed E-state index contributed by atoms with van der Waals surface area (Å²) in [6.45, 7) is 12.1. The number of ether oxygens (including phenoxy) is 4. The first kappa shape index (κ1) is 29.3. The molecule has 0 atom stereocenters. The van der Waals surface area contributed by atoms with Gasteiger partial charge in [-0.15, -0.1) is 0 Å². The molecule has 4 rings (SSSR count). The zero-order valence-corrected chi connectivity index (χ0v) is 24.3. The van der Waals surface area contributed by atoms with Crippen LogP contribution in [0.2, 0.25) is 0 Å². The molecule has 0 spiro atoms. The predicted octanol–water partition coefficient (Wildman–Crippen LogP) is 5.81. The molecule has 0 radical (unpaired) electrons. The third-order valence-electron chi connectivity index (χ3n) is 6.86. The normalized spacial score (nSPS) is 13.1. The fraction of sp³-hybridized carbons (Fsp3) is 0.394. The number of hydrogen-bond donors (Lipinski definition) is 1. The lowest BCUT2D eigenvalue weighted by Crippen LogP contribution is -2.36. The summed E-state index contributed by atoms with van der Waals surface area (Å²) in [4.78, 5) is 4.79. The molecule has 1 heterocycles. The van der Waals surface area contributed by atoms with E-state index in [0.717, 1.165) is 49.1 Å². The summed E-state index contributed by atoms with van der Waals surface area (Å²) in [6.07, 6.45) is 0. The zero-order chi connectivity index (χ0) is 28.2. The van der Waals surface area contributed by atoms with Crippen LogP contribution in [0.5, 0.6) is 17.2 Å². The minimum Gasteiger partial charge on any atom is -0.494 e. The maximum absolute atomic E-state index is 5.97. The number of rotatable bonds is 15. The topological polar surface area (TPSA) is 55.4 Å². The third kappa shape index (κ3) is 8.41. The van der Waals surface area contributed by atoms with Gasteiger partial charge in [0.25, 0.3) is 0 Å². The standard InChI is InChI=1S/C33H43N3O4/c1-5-37-25-36(23-27-11-8-7-9-12-27)31(26(3)34-4)24-35(21-28-13-10-14-30(19-28)38-6-2)22-29-15-16-32-33(20-29)40-18-17-39-32/h7-16,19-20,34H,5-6,17-18,21-25H2,1-4H3/b31-26-. The van der Waals surface area contributed by atoms with E-state index in [0.29, 0.717) is 33.2 Å². The van der Waals surface area contributed by atoms with E-state index >= 15 is 0 Å². The van der Waals surface area contributed by atoms with Crippen LogP contribution in [-0.2, 0) is 24.4 Å². The zero-order valence-electron chi connectivity index (χ0n) is 24.3. The molecule has 7 nitrogen and oxygen atoms in total. The van der Waals surface area contributed by atoms with Crippen molar-refractivity contribution >= 4 is 0 Å². The Labute approximate surface area is 239 Å². The van der Waals surface area contributed by atoms with Crippen LogP contribution in [0, 0.1) is 0 Å². The number of nitrogens with one attached hydrogen (secondary N) is 1. The monoisotopic (exact) mass is 545 g/mol. The number of allylic oxidation sites excluding steroid dienone is 1. The second kappa shape index (κ2) is 15.2. The molecule has 1 aliphatic rings. The Morgan fingerprint density at radius 3 is 2.25 bits per heavy atom. The van der Waals surface area contributed by atoms with Crippen LogP contribution >= 0.6 is 0 Å². The molecule has 0 bridgehead atoms. The van der Waals surface area contributed by atoms with Crippen molar-refractivity contribution in [2.45, 2.75) is 40.4 Å². The van der Waals surface area contributed by atoms with E-state index in [-0.39, 0.29) is 0 Å². The number of benzene rings is 3. The molecule has 0 amide bonds. The molecular weight excluding hydrogens is 502 g/mol. The summed E-state index contributed by atoms with van der Waals surface area (Å²) in [5.74, 6) is 2.51. The van der Waals surface area contributed by atoms with Crippen LogP contribution in [-0.4, -0.2) is 56.6 Å². The SMILES string of the molecule is CCOCN(Cc1ccccc1)/C(CN(Cc1cccc(OCC)c1)Cc1ccc2c(c1)OCCO2)=C(/C)NC. The quantitative estimate of drug-likeness (QED) is 0.242. The predicted molar refractivity (Wildman–Crippen MR) is 159 cm³/mol. The molecule has 40 heavy (non-hydrogen) atoms. The van der Waals surface area contributed by atoms with E-state index in [1.54, 1.807) is 0 Å². The molecule has 0 aliphatic carbocycles. The summed E-state index contributed by atoms with van der Waals surface area (Å²) in [5, 5.41) is 3.41. The van der Waals surface area contributed by atoms with E-state index in [1.807, 2.05) is 33.0 Å². The number of fused-ring (bicyclic) bond motifs is 1. The lowest BCUT2D eigenvalue weighted by atomic mass is 10.1. The Balaban J connectivity index is 1.65. The molecule has 214 valence electrons. The van der Waals surface area contributed by atoms with Gasteiger partial charge in [-0.3, -0.25) is 4.90 Å². The first-order chi connectivity index (χ1) is 19.6. The molecule has 0 fully saturated rings. The van der Waals surface area contributed by atoms with Crippen LogP contribution in [0.4, 0.5) is 0 Å². The minimum atomic E-state index is 0.511. The van der Waals surface area contributed by atoms with Crippen LogP contribution in [0.15, 0.2) is 84.2 Å². The van der Waals surface area contributed by atoms with Gasteiger partial charge >= 0.3 is 0 Å². The summed E-state index contributed by atoms with van der Waals surface area (Å²) in [6, 6.07) is 25.2. The van der Waals surface area contributed by atoms with Gasteiger partial charge in [0, 0.05) is 51.2 Å². The molecule has 0 saturated heterocycles. The van der Waals surface area contributed by atoms with Crippen molar-refractivity contribution in [3.8, 4) is 17.2 Å². The first-order valence-electron chi connectivity index (χ1n) is 14.2. The first-order valence-corrected chi connectivity index (χ1v) is 14.2. The average Bonchev–Trinajstić information content (AvgIpc) is 2.98. The maximum atomic E-state index is 5.97. The van der Waals surface area contributed by atoms with Gasteiger partial charge < -0.3 is 29.2 Å². The fourth-order valence-corrected chi connectivity index (χ4v) is 4.81. The highest BCUT2D eigenvalue weighted by atomic mass is 16.6. The van der Waals surface area contributed by atoms with Gasteiger partial charge in [0.1, 0.15) is 25.7 Å². The molecular formula is C33H43N3O4. The van der Waals surface area contributed by atoms with E-state index in [1.165, 1.54) is 22.4 Å². The lowest BCUT2D eigenvalue weighted by molar-refractivity contribution is 0.0443. The van der Waals surface area contributed by atoms with E-state index in [9.17, 15) is 0 Å². The van der Waals surface area contributed by atoms with Crippen LogP contribution < -0.4 is 19.5 Å². The Morgan fingerprint density at radius 1 is 0.800 bits per heavy atom. The maximum Gasteiger partial charge on any atom is 0.161 e. The lowest BCUT2D eigenvalue weighted by Gasteiger charge is -2.33. The fourth-order valence-electron chi connectivity index (χ4n) is 4.81. The molecule has 3 aromatic carbocycles. The molecule has 0 unspecified atom stereocenters. The second-order valence-electron chi connectivity index (χ2n) is 9.83. The van der Waals surface area contributed by atoms with Crippen molar-refractivity contribution in [1.82, 2.24) is 15.1 Å². The van der Waals surface area contributed by atoms with Gasteiger partial charge in [0.15, 0.2) is 11.5 Å². The molecule has 1 aliphatic heterocycles.